The lowest BCUT2D eigenvalue weighted by atomic mass is 9.85. The van der Waals surface area contributed by atoms with Gasteiger partial charge < -0.3 is 5.11 Å². The van der Waals surface area contributed by atoms with Crippen LogP contribution in [0.25, 0.3) is 0 Å². The van der Waals surface area contributed by atoms with E-state index in [0.29, 0.717) is 12.1 Å². The average Bonchev–Trinajstić information content (AvgIpc) is 2.40. The summed E-state index contributed by atoms with van der Waals surface area (Å²) in [6.45, 7) is 8.63. The Hall–Kier alpha value is -1.62. The second-order valence-corrected chi connectivity index (χ2v) is 6.85. The van der Waals surface area contributed by atoms with Crippen LogP contribution in [-0.4, -0.2) is 28.0 Å². The molecule has 1 aromatic rings. The van der Waals surface area contributed by atoms with E-state index in [1.165, 1.54) is 12.5 Å². The Morgan fingerprint density at radius 3 is 2.38 bits per heavy atom. The van der Waals surface area contributed by atoms with Gasteiger partial charge in [0.2, 0.25) is 0 Å². The molecule has 1 aliphatic heterocycles. The molecule has 1 fully saturated rings. The maximum Gasteiger partial charge on any atom is 0.311 e. The van der Waals surface area contributed by atoms with Crippen LogP contribution in [0.2, 0.25) is 0 Å². The first kappa shape index (κ1) is 15.8. The normalized spacial score (nSPS) is 16.9. The number of aromatic hydroxyl groups is 1. The molecule has 0 saturated carbocycles. The van der Waals surface area contributed by atoms with E-state index in [-0.39, 0.29) is 16.9 Å². The number of rotatable bonds is 3. The van der Waals surface area contributed by atoms with Crippen molar-refractivity contribution in [3.8, 4) is 5.75 Å². The zero-order valence-corrected chi connectivity index (χ0v) is 13.1. The summed E-state index contributed by atoms with van der Waals surface area (Å²) in [5.74, 6) is -0.182. The molecule has 5 heteroatoms. The Morgan fingerprint density at radius 1 is 1.24 bits per heavy atom. The van der Waals surface area contributed by atoms with Gasteiger partial charge in [0.1, 0.15) is 0 Å². The van der Waals surface area contributed by atoms with E-state index in [1.54, 1.807) is 0 Å². The summed E-state index contributed by atoms with van der Waals surface area (Å²) in [5.41, 5.74) is 1.18. The highest BCUT2D eigenvalue weighted by Gasteiger charge is 2.25. The molecular formula is C16H24N2O3. The van der Waals surface area contributed by atoms with Gasteiger partial charge in [-0.3, -0.25) is 15.0 Å². The lowest BCUT2D eigenvalue weighted by Crippen LogP contribution is -2.29. The van der Waals surface area contributed by atoms with Gasteiger partial charge >= 0.3 is 5.69 Å². The standard InChI is InChI=1S/C16H24N2O3/c1-16(2,3)13-9-12(11-17-7-5-4-6-8-17)15(19)14(10-13)18(20)21/h9-10,19H,4-8,11H2,1-3H3. The number of hydrogen-bond acceptors (Lipinski definition) is 4. The highest BCUT2D eigenvalue weighted by molar-refractivity contribution is 5.54. The van der Waals surface area contributed by atoms with Gasteiger partial charge in [0.15, 0.2) is 5.75 Å². The molecule has 0 atom stereocenters. The second-order valence-electron chi connectivity index (χ2n) is 6.85. The van der Waals surface area contributed by atoms with Crippen molar-refractivity contribution in [1.82, 2.24) is 4.90 Å². The van der Waals surface area contributed by atoms with Crippen molar-refractivity contribution in [3.63, 3.8) is 0 Å². The van der Waals surface area contributed by atoms with Crippen LogP contribution in [-0.2, 0) is 12.0 Å². The van der Waals surface area contributed by atoms with Crippen molar-refractivity contribution < 1.29 is 10.0 Å². The fourth-order valence-electron chi connectivity index (χ4n) is 2.73. The van der Waals surface area contributed by atoms with Gasteiger partial charge in [-0.15, -0.1) is 0 Å². The first-order chi connectivity index (χ1) is 9.79. The topological polar surface area (TPSA) is 66.6 Å². The summed E-state index contributed by atoms with van der Waals surface area (Å²) in [6, 6.07) is 3.41. The van der Waals surface area contributed by atoms with E-state index in [1.807, 2.05) is 26.8 Å². The molecule has 116 valence electrons. The van der Waals surface area contributed by atoms with Crippen molar-refractivity contribution >= 4 is 5.69 Å². The third-order valence-corrected chi connectivity index (χ3v) is 4.07. The predicted octanol–water partition coefficient (Wildman–Crippen LogP) is 3.58. The fraction of sp³-hybridized carbons (Fsp3) is 0.625. The van der Waals surface area contributed by atoms with Gasteiger partial charge in [0, 0.05) is 18.2 Å². The molecule has 0 aromatic heterocycles. The summed E-state index contributed by atoms with van der Waals surface area (Å²) >= 11 is 0. The summed E-state index contributed by atoms with van der Waals surface area (Å²) in [5, 5.41) is 21.4. The number of nitro groups is 1. The summed E-state index contributed by atoms with van der Waals surface area (Å²) in [4.78, 5) is 12.9. The molecule has 1 saturated heterocycles. The number of benzene rings is 1. The Bertz CT molecular complexity index is 529. The van der Waals surface area contributed by atoms with Crippen molar-refractivity contribution in [2.45, 2.75) is 52.0 Å². The second kappa shape index (κ2) is 6.02. The largest absolute Gasteiger partial charge is 0.502 e. The molecule has 2 rings (SSSR count). The summed E-state index contributed by atoms with van der Waals surface area (Å²) < 4.78 is 0. The van der Waals surface area contributed by atoms with E-state index >= 15 is 0 Å². The van der Waals surface area contributed by atoms with Crippen LogP contribution in [0.5, 0.6) is 5.75 Å². The van der Waals surface area contributed by atoms with E-state index in [2.05, 4.69) is 4.90 Å². The van der Waals surface area contributed by atoms with Gasteiger partial charge in [-0.25, -0.2) is 0 Å². The monoisotopic (exact) mass is 292 g/mol. The molecule has 0 amide bonds. The molecular weight excluding hydrogens is 268 g/mol. The number of phenolic OH excluding ortho intramolecular Hbond substituents is 1. The first-order valence-corrected chi connectivity index (χ1v) is 7.52. The molecule has 0 bridgehead atoms. The van der Waals surface area contributed by atoms with E-state index in [9.17, 15) is 15.2 Å². The van der Waals surface area contributed by atoms with E-state index in [0.717, 1.165) is 31.5 Å². The van der Waals surface area contributed by atoms with Gasteiger partial charge in [0.25, 0.3) is 0 Å². The number of phenols is 1. The Kier molecular flexibility index (Phi) is 4.52. The SMILES string of the molecule is CC(C)(C)c1cc(CN2CCCCC2)c(O)c([N+](=O)[O-])c1. The molecule has 5 nitrogen and oxygen atoms in total. The number of nitro benzene ring substituents is 1. The third kappa shape index (κ3) is 3.73. The Balaban J connectivity index is 2.38. The van der Waals surface area contributed by atoms with Gasteiger partial charge in [-0.1, -0.05) is 27.2 Å². The van der Waals surface area contributed by atoms with Crippen molar-refractivity contribution in [1.29, 1.82) is 0 Å². The molecule has 1 aliphatic rings. The van der Waals surface area contributed by atoms with Crippen molar-refractivity contribution in [3.05, 3.63) is 33.4 Å². The molecule has 0 aliphatic carbocycles. The van der Waals surface area contributed by atoms with Crippen LogP contribution in [0.3, 0.4) is 0 Å². The maximum absolute atomic E-state index is 11.2. The molecule has 21 heavy (non-hydrogen) atoms. The highest BCUT2D eigenvalue weighted by Crippen LogP contribution is 2.36. The van der Waals surface area contributed by atoms with Gasteiger partial charge in [-0.2, -0.15) is 0 Å². The molecule has 1 heterocycles. The van der Waals surface area contributed by atoms with Crippen LogP contribution < -0.4 is 0 Å². The van der Waals surface area contributed by atoms with Gasteiger partial charge in [0.05, 0.1) is 4.92 Å². The number of piperidine rings is 1. The van der Waals surface area contributed by atoms with Gasteiger partial charge in [-0.05, 0) is 43.0 Å². The van der Waals surface area contributed by atoms with Crippen molar-refractivity contribution in [2.75, 3.05) is 13.1 Å². The smallest absolute Gasteiger partial charge is 0.311 e. The molecule has 1 N–H and O–H groups in total. The van der Waals surface area contributed by atoms with E-state index in [4.69, 9.17) is 0 Å². The Morgan fingerprint density at radius 2 is 1.86 bits per heavy atom. The average molecular weight is 292 g/mol. The quantitative estimate of drug-likeness (QED) is 0.683. The first-order valence-electron chi connectivity index (χ1n) is 7.52. The Labute approximate surface area is 125 Å². The fourth-order valence-corrected chi connectivity index (χ4v) is 2.73. The zero-order chi connectivity index (χ0) is 15.6. The maximum atomic E-state index is 11.2. The molecule has 0 radical (unpaired) electrons. The van der Waals surface area contributed by atoms with Crippen LogP contribution in [0, 0.1) is 10.1 Å². The van der Waals surface area contributed by atoms with Crippen LogP contribution in [0.15, 0.2) is 12.1 Å². The third-order valence-electron chi connectivity index (χ3n) is 4.07. The molecule has 0 unspecified atom stereocenters. The highest BCUT2D eigenvalue weighted by atomic mass is 16.6. The van der Waals surface area contributed by atoms with Crippen LogP contribution in [0.1, 0.15) is 51.2 Å². The van der Waals surface area contributed by atoms with Crippen LogP contribution in [0.4, 0.5) is 5.69 Å². The molecule has 1 aromatic carbocycles. The van der Waals surface area contributed by atoms with Crippen molar-refractivity contribution in [2.24, 2.45) is 0 Å². The minimum atomic E-state index is -0.496. The minimum absolute atomic E-state index is 0.182. The number of nitrogens with zero attached hydrogens (tertiary/aromatic N) is 2. The lowest BCUT2D eigenvalue weighted by molar-refractivity contribution is -0.386. The van der Waals surface area contributed by atoms with E-state index < -0.39 is 4.92 Å². The zero-order valence-electron chi connectivity index (χ0n) is 13.1. The minimum Gasteiger partial charge on any atom is -0.502 e. The number of hydrogen-bond donors (Lipinski definition) is 1. The number of likely N-dealkylation sites (tertiary alicyclic amines) is 1. The summed E-state index contributed by atoms with van der Waals surface area (Å²) in [7, 11) is 0. The summed E-state index contributed by atoms with van der Waals surface area (Å²) in [6.07, 6.45) is 3.55. The van der Waals surface area contributed by atoms with Crippen LogP contribution >= 0.6 is 0 Å². The molecule has 0 spiro atoms. The predicted molar refractivity (Wildman–Crippen MR) is 82.6 cm³/mol. The lowest BCUT2D eigenvalue weighted by Gasteiger charge is -2.27.